The van der Waals surface area contributed by atoms with E-state index >= 15 is 0 Å². The van der Waals surface area contributed by atoms with Gasteiger partial charge in [0.1, 0.15) is 6.61 Å². The van der Waals surface area contributed by atoms with Crippen LogP contribution in [-0.2, 0) is 0 Å². The Labute approximate surface area is 80.8 Å². The molecule has 0 aliphatic heterocycles. The zero-order chi connectivity index (χ0) is 9.97. The van der Waals surface area contributed by atoms with Gasteiger partial charge in [-0.3, -0.25) is 0 Å². The number of fused-ring (bicyclic) bond motifs is 1. The SMILES string of the molecule is Cc1ccc2onc(OCCN)c2n1. The Balaban J connectivity index is 2.40. The first-order chi connectivity index (χ1) is 6.81. The fourth-order valence-corrected chi connectivity index (χ4v) is 1.15. The van der Waals surface area contributed by atoms with Crippen molar-refractivity contribution in [3.05, 3.63) is 17.8 Å². The van der Waals surface area contributed by atoms with Crippen LogP contribution in [0.3, 0.4) is 0 Å². The fourth-order valence-electron chi connectivity index (χ4n) is 1.15. The van der Waals surface area contributed by atoms with Gasteiger partial charge in [0.2, 0.25) is 0 Å². The first kappa shape index (κ1) is 8.96. The second-order valence-corrected chi connectivity index (χ2v) is 2.92. The largest absolute Gasteiger partial charge is 0.473 e. The average Bonchev–Trinajstić information content (AvgIpc) is 2.57. The van der Waals surface area contributed by atoms with Crippen LogP contribution in [0.1, 0.15) is 5.69 Å². The Morgan fingerprint density at radius 2 is 2.36 bits per heavy atom. The predicted molar refractivity (Wildman–Crippen MR) is 51.1 cm³/mol. The molecule has 2 aromatic heterocycles. The summed E-state index contributed by atoms with van der Waals surface area (Å²) in [5.41, 5.74) is 7.50. The number of aryl methyl sites for hydroxylation is 1. The Morgan fingerprint density at radius 1 is 1.50 bits per heavy atom. The molecule has 0 bridgehead atoms. The molecule has 5 heteroatoms. The van der Waals surface area contributed by atoms with Gasteiger partial charge in [0, 0.05) is 12.2 Å². The molecule has 0 atom stereocenters. The van der Waals surface area contributed by atoms with E-state index in [-0.39, 0.29) is 0 Å². The number of rotatable bonds is 3. The third kappa shape index (κ3) is 1.54. The molecule has 0 amide bonds. The van der Waals surface area contributed by atoms with Crippen LogP contribution in [0, 0.1) is 6.92 Å². The highest BCUT2D eigenvalue weighted by Crippen LogP contribution is 2.22. The van der Waals surface area contributed by atoms with Gasteiger partial charge in [-0.05, 0) is 24.2 Å². The molecule has 0 aliphatic rings. The lowest BCUT2D eigenvalue weighted by Crippen LogP contribution is -2.10. The van der Waals surface area contributed by atoms with Gasteiger partial charge in [-0.1, -0.05) is 0 Å². The molecule has 0 saturated heterocycles. The lowest BCUT2D eigenvalue weighted by atomic mass is 10.3. The van der Waals surface area contributed by atoms with Gasteiger partial charge in [0.25, 0.3) is 5.88 Å². The van der Waals surface area contributed by atoms with Gasteiger partial charge in [0.05, 0.1) is 0 Å². The first-order valence-electron chi connectivity index (χ1n) is 4.37. The lowest BCUT2D eigenvalue weighted by molar-refractivity contribution is 0.292. The maximum absolute atomic E-state index is 5.32. The highest BCUT2D eigenvalue weighted by molar-refractivity contribution is 5.77. The summed E-state index contributed by atoms with van der Waals surface area (Å²) in [5, 5.41) is 3.76. The molecule has 0 unspecified atom stereocenters. The number of hydrogen-bond donors (Lipinski definition) is 1. The quantitative estimate of drug-likeness (QED) is 0.782. The summed E-state index contributed by atoms with van der Waals surface area (Å²) in [5.74, 6) is 0.411. The molecule has 14 heavy (non-hydrogen) atoms. The maximum atomic E-state index is 5.32. The molecule has 5 nitrogen and oxygen atoms in total. The highest BCUT2D eigenvalue weighted by Gasteiger charge is 2.10. The van der Waals surface area contributed by atoms with Crippen LogP contribution < -0.4 is 10.5 Å². The monoisotopic (exact) mass is 193 g/mol. The number of hydrogen-bond acceptors (Lipinski definition) is 5. The Kier molecular flexibility index (Phi) is 2.32. The summed E-state index contributed by atoms with van der Waals surface area (Å²) in [4.78, 5) is 4.27. The zero-order valence-corrected chi connectivity index (χ0v) is 7.86. The molecule has 2 N–H and O–H groups in total. The van der Waals surface area contributed by atoms with E-state index in [1.54, 1.807) is 0 Å². The molecule has 2 rings (SSSR count). The molecule has 0 saturated carbocycles. The third-order valence-corrected chi connectivity index (χ3v) is 1.78. The Hall–Kier alpha value is -1.62. The van der Waals surface area contributed by atoms with Gasteiger partial charge in [-0.25, -0.2) is 4.98 Å². The van der Waals surface area contributed by atoms with Crippen molar-refractivity contribution in [2.45, 2.75) is 6.92 Å². The van der Waals surface area contributed by atoms with Crippen molar-refractivity contribution in [1.82, 2.24) is 10.1 Å². The van der Waals surface area contributed by atoms with E-state index in [9.17, 15) is 0 Å². The topological polar surface area (TPSA) is 74.2 Å². The number of pyridine rings is 1. The minimum absolute atomic E-state index is 0.411. The fraction of sp³-hybridized carbons (Fsp3) is 0.333. The number of nitrogens with zero attached hydrogens (tertiary/aromatic N) is 2. The predicted octanol–water partition coefficient (Wildman–Crippen LogP) is 0.869. The van der Waals surface area contributed by atoms with Gasteiger partial charge in [-0.2, -0.15) is 0 Å². The molecule has 0 spiro atoms. The van der Waals surface area contributed by atoms with Gasteiger partial charge in [0.15, 0.2) is 11.1 Å². The van der Waals surface area contributed by atoms with Crippen LogP contribution in [0.2, 0.25) is 0 Å². The Bertz CT molecular complexity index is 439. The molecule has 0 radical (unpaired) electrons. The summed E-state index contributed by atoms with van der Waals surface area (Å²) in [6, 6.07) is 3.68. The van der Waals surface area contributed by atoms with E-state index in [0.717, 1.165) is 5.69 Å². The molecule has 74 valence electrons. The van der Waals surface area contributed by atoms with E-state index in [2.05, 4.69) is 10.1 Å². The van der Waals surface area contributed by atoms with Crippen LogP contribution in [0.4, 0.5) is 0 Å². The van der Waals surface area contributed by atoms with Crippen LogP contribution in [0.5, 0.6) is 5.88 Å². The summed E-state index contributed by atoms with van der Waals surface area (Å²) in [6.45, 7) is 2.76. The zero-order valence-electron chi connectivity index (χ0n) is 7.86. The van der Waals surface area contributed by atoms with Crippen LogP contribution in [0.15, 0.2) is 16.7 Å². The summed E-state index contributed by atoms with van der Waals surface area (Å²) >= 11 is 0. The van der Waals surface area contributed by atoms with Crippen molar-refractivity contribution in [1.29, 1.82) is 0 Å². The maximum Gasteiger partial charge on any atom is 0.281 e. The number of nitrogens with two attached hydrogens (primary N) is 1. The summed E-state index contributed by atoms with van der Waals surface area (Å²) < 4.78 is 10.3. The van der Waals surface area contributed by atoms with E-state index in [1.165, 1.54) is 0 Å². The van der Waals surface area contributed by atoms with Crippen molar-refractivity contribution < 1.29 is 9.26 Å². The van der Waals surface area contributed by atoms with Gasteiger partial charge < -0.3 is 15.0 Å². The van der Waals surface area contributed by atoms with Crippen molar-refractivity contribution >= 4 is 11.1 Å². The van der Waals surface area contributed by atoms with Crippen molar-refractivity contribution in [2.75, 3.05) is 13.2 Å². The molecular formula is C9H11N3O2. The molecule has 0 aromatic carbocycles. The Morgan fingerprint density at radius 3 is 3.14 bits per heavy atom. The second-order valence-electron chi connectivity index (χ2n) is 2.92. The van der Waals surface area contributed by atoms with E-state index in [1.807, 2.05) is 19.1 Å². The first-order valence-corrected chi connectivity index (χ1v) is 4.37. The van der Waals surface area contributed by atoms with Crippen LogP contribution in [0.25, 0.3) is 11.1 Å². The van der Waals surface area contributed by atoms with Gasteiger partial charge in [-0.15, -0.1) is 0 Å². The van der Waals surface area contributed by atoms with Crippen molar-refractivity contribution in [3.8, 4) is 5.88 Å². The average molecular weight is 193 g/mol. The molecule has 2 heterocycles. The minimum Gasteiger partial charge on any atom is -0.473 e. The highest BCUT2D eigenvalue weighted by atomic mass is 16.5. The van der Waals surface area contributed by atoms with Crippen molar-refractivity contribution in [2.24, 2.45) is 5.73 Å². The third-order valence-electron chi connectivity index (χ3n) is 1.78. The second kappa shape index (κ2) is 3.63. The lowest BCUT2D eigenvalue weighted by Gasteiger charge is -1.98. The van der Waals surface area contributed by atoms with E-state index in [0.29, 0.717) is 30.1 Å². The molecule has 0 aliphatic carbocycles. The van der Waals surface area contributed by atoms with Gasteiger partial charge >= 0.3 is 0 Å². The smallest absolute Gasteiger partial charge is 0.281 e. The molecule has 2 aromatic rings. The number of ether oxygens (including phenoxy) is 1. The van der Waals surface area contributed by atoms with E-state index < -0.39 is 0 Å². The molecular weight excluding hydrogens is 182 g/mol. The normalized spacial score (nSPS) is 10.7. The minimum atomic E-state index is 0.411. The summed E-state index contributed by atoms with van der Waals surface area (Å²) in [6.07, 6.45) is 0. The van der Waals surface area contributed by atoms with Crippen LogP contribution in [-0.4, -0.2) is 23.3 Å². The molecule has 0 fully saturated rings. The van der Waals surface area contributed by atoms with Crippen molar-refractivity contribution in [3.63, 3.8) is 0 Å². The summed E-state index contributed by atoms with van der Waals surface area (Å²) in [7, 11) is 0. The standard InChI is InChI=1S/C9H11N3O2/c1-6-2-3-7-8(11-6)9(12-14-7)13-5-4-10/h2-3H,4-5,10H2,1H3. The number of aromatic nitrogens is 2. The van der Waals surface area contributed by atoms with E-state index in [4.69, 9.17) is 15.0 Å². The van der Waals surface area contributed by atoms with Crippen LogP contribution >= 0.6 is 0 Å².